The van der Waals surface area contributed by atoms with Crippen molar-refractivity contribution in [3.63, 3.8) is 0 Å². The molecule has 0 atom stereocenters. The van der Waals surface area contributed by atoms with Crippen molar-refractivity contribution in [1.29, 1.82) is 0 Å². The predicted molar refractivity (Wildman–Crippen MR) is 127 cm³/mol. The molecule has 5 aromatic rings. The van der Waals surface area contributed by atoms with E-state index in [9.17, 15) is 4.79 Å². The van der Waals surface area contributed by atoms with Gasteiger partial charge in [0.05, 0.1) is 11.9 Å². The van der Waals surface area contributed by atoms with Crippen molar-refractivity contribution in [3.05, 3.63) is 78.5 Å². The number of nitrogens with zero attached hydrogens (tertiary/aromatic N) is 5. The van der Waals surface area contributed by atoms with Gasteiger partial charge in [-0.15, -0.1) is 0 Å². The Bertz CT molecular complexity index is 1430. The Morgan fingerprint density at radius 3 is 2.52 bits per heavy atom. The number of hydrogen-bond acceptors (Lipinski definition) is 5. The van der Waals surface area contributed by atoms with Gasteiger partial charge in [0, 0.05) is 42.7 Å². The second-order valence-electron chi connectivity index (χ2n) is 8.45. The molecule has 0 saturated carbocycles. The van der Waals surface area contributed by atoms with Crippen LogP contribution in [0.2, 0.25) is 0 Å². The molecule has 1 aliphatic heterocycles. The van der Waals surface area contributed by atoms with E-state index >= 15 is 0 Å². The summed E-state index contributed by atoms with van der Waals surface area (Å²) in [5.41, 5.74) is 4.82. The molecule has 164 valence electrons. The summed E-state index contributed by atoms with van der Waals surface area (Å²) >= 11 is 0. The Morgan fingerprint density at radius 2 is 1.73 bits per heavy atom. The first-order valence-corrected chi connectivity index (χ1v) is 11.1. The summed E-state index contributed by atoms with van der Waals surface area (Å²) in [5, 5.41) is 5.86. The third kappa shape index (κ3) is 3.56. The molecule has 0 aliphatic carbocycles. The van der Waals surface area contributed by atoms with Crippen LogP contribution in [0.3, 0.4) is 0 Å². The monoisotopic (exact) mass is 437 g/mol. The highest BCUT2D eigenvalue weighted by molar-refractivity contribution is 5.94. The van der Waals surface area contributed by atoms with Crippen molar-refractivity contribution in [3.8, 4) is 22.7 Å². The van der Waals surface area contributed by atoms with Gasteiger partial charge >= 0.3 is 0 Å². The second kappa shape index (κ2) is 7.86. The summed E-state index contributed by atoms with van der Waals surface area (Å²) in [7, 11) is 2.08. The zero-order chi connectivity index (χ0) is 22.4. The number of aromatic nitrogens is 3. The number of piperazine rings is 1. The molecule has 0 spiro atoms. The van der Waals surface area contributed by atoms with Crippen LogP contribution in [0.25, 0.3) is 39.3 Å². The van der Waals surface area contributed by atoms with Gasteiger partial charge in [0.2, 0.25) is 0 Å². The smallest absolute Gasteiger partial charge is 0.253 e. The van der Waals surface area contributed by atoms with Crippen molar-refractivity contribution >= 4 is 22.5 Å². The van der Waals surface area contributed by atoms with Crippen LogP contribution in [0.1, 0.15) is 10.4 Å². The number of fused-ring (bicyclic) bond motifs is 2. The molecule has 1 saturated heterocycles. The van der Waals surface area contributed by atoms with E-state index in [-0.39, 0.29) is 5.91 Å². The van der Waals surface area contributed by atoms with Crippen LogP contribution in [0.5, 0.6) is 0 Å². The van der Waals surface area contributed by atoms with Gasteiger partial charge in [0.1, 0.15) is 11.3 Å². The van der Waals surface area contributed by atoms with Gasteiger partial charge in [-0.25, -0.2) is 9.50 Å². The van der Waals surface area contributed by atoms with E-state index in [2.05, 4.69) is 16.9 Å². The molecule has 0 bridgehead atoms. The van der Waals surface area contributed by atoms with Crippen LogP contribution in [-0.2, 0) is 0 Å². The van der Waals surface area contributed by atoms with E-state index in [0.29, 0.717) is 5.56 Å². The number of imidazole rings is 1. The molecule has 1 fully saturated rings. The number of likely N-dealkylation sites (N-methyl/N-ethyl adjacent to an activating group) is 1. The highest BCUT2D eigenvalue weighted by atomic mass is 16.3. The van der Waals surface area contributed by atoms with Crippen molar-refractivity contribution in [1.82, 2.24) is 24.4 Å². The fraction of sp³-hybridized carbons (Fsp3) is 0.192. The normalized spacial score (nSPS) is 14.9. The van der Waals surface area contributed by atoms with Crippen molar-refractivity contribution < 1.29 is 9.21 Å². The predicted octanol–water partition coefficient (Wildman–Crippen LogP) is 4.20. The molecule has 0 unspecified atom stereocenters. The van der Waals surface area contributed by atoms with Crippen LogP contribution >= 0.6 is 0 Å². The maximum Gasteiger partial charge on any atom is 0.253 e. The Kier molecular flexibility index (Phi) is 4.69. The summed E-state index contributed by atoms with van der Waals surface area (Å²) in [5.74, 6) is 0.807. The van der Waals surface area contributed by atoms with E-state index in [1.165, 1.54) is 0 Å². The van der Waals surface area contributed by atoms with Crippen LogP contribution in [0, 0.1) is 0 Å². The van der Waals surface area contributed by atoms with Crippen LogP contribution < -0.4 is 0 Å². The van der Waals surface area contributed by atoms with Gasteiger partial charge in [0.15, 0.2) is 11.4 Å². The van der Waals surface area contributed by atoms with Gasteiger partial charge in [-0.1, -0.05) is 30.3 Å². The van der Waals surface area contributed by atoms with Gasteiger partial charge < -0.3 is 14.2 Å². The van der Waals surface area contributed by atoms with Gasteiger partial charge in [-0.2, -0.15) is 5.10 Å². The SMILES string of the molecule is CN1CCN(C(=O)c2ccc(-c3ccc4ncc(-c5cc6ccccc6o5)n4n3)cc2)CC1. The molecule has 4 heterocycles. The molecule has 7 heteroatoms. The molecule has 2 aromatic carbocycles. The minimum absolute atomic E-state index is 0.0832. The fourth-order valence-corrected chi connectivity index (χ4v) is 4.28. The Balaban J connectivity index is 1.30. The zero-order valence-electron chi connectivity index (χ0n) is 18.3. The average Bonchev–Trinajstić information content (AvgIpc) is 3.47. The maximum absolute atomic E-state index is 12.8. The second-order valence-corrected chi connectivity index (χ2v) is 8.45. The molecule has 3 aromatic heterocycles. The third-order valence-electron chi connectivity index (χ3n) is 6.26. The summed E-state index contributed by atoms with van der Waals surface area (Å²) in [6.45, 7) is 3.35. The number of amides is 1. The number of hydrogen-bond donors (Lipinski definition) is 0. The minimum Gasteiger partial charge on any atom is -0.454 e. The molecule has 0 N–H and O–H groups in total. The Hall–Kier alpha value is -3.97. The first-order chi connectivity index (χ1) is 16.2. The van der Waals surface area contributed by atoms with Gasteiger partial charge in [-0.05, 0) is 43.4 Å². The zero-order valence-corrected chi connectivity index (χ0v) is 18.3. The lowest BCUT2D eigenvalue weighted by Crippen LogP contribution is -2.47. The van der Waals surface area contributed by atoms with Gasteiger partial charge in [-0.3, -0.25) is 4.79 Å². The number of carbonyl (C=O) groups is 1. The minimum atomic E-state index is 0.0832. The molecule has 6 rings (SSSR count). The van der Waals surface area contributed by atoms with E-state index in [1.807, 2.05) is 71.6 Å². The van der Waals surface area contributed by atoms with Gasteiger partial charge in [0.25, 0.3) is 5.91 Å². The van der Waals surface area contributed by atoms with Crippen LogP contribution in [0.15, 0.2) is 77.3 Å². The Morgan fingerprint density at radius 1 is 0.939 bits per heavy atom. The summed E-state index contributed by atoms with van der Waals surface area (Å²) in [6.07, 6.45) is 1.78. The number of benzene rings is 2. The molecule has 0 radical (unpaired) electrons. The average molecular weight is 438 g/mol. The van der Waals surface area contributed by atoms with E-state index in [0.717, 1.165) is 65.5 Å². The van der Waals surface area contributed by atoms with E-state index < -0.39 is 0 Å². The number of carbonyl (C=O) groups excluding carboxylic acids is 1. The van der Waals surface area contributed by atoms with E-state index in [1.54, 1.807) is 10.7 Å². The first-order valence-electron chi connectivity index (χ1n) is 11.1. The van der Waals surface area contributed by atoms with Crippen LogP contribution in [-0.4, -0.2) is 63.5 Å². The molecule has 33 heavy (non-hydrogen) atoms. The molecular formula is C26H23N5O2. The van der Waals surface area contributed by atoms with Crippen molar-refractivity contribution in [2.45, 2.75) is 0 Å². The van der Waals surface area contributed by atoms with Crippen molar-refractivity contribution in [2.75, 3.05) is 33.2 Å². The summed E-state index contributed by atoms with van der Waals surface area (Å²) in [6, 6.07) is 21.5. The summed E-state index contributed by atoms with van der Waals surface area (Å²) in [4.78, 5) is 21.5. The van der Waals surface area contributed by atoms with E-state index in [4.69, 9.17) is 9.52 Å². The first kappa shape index (κ1) is 19.7. The lowest BCUT2D eigenvalue weighted by Gasteiger charge is -2.32. The number of para-hydroxylation sites is 1. The topological polar surface area (TPSA) is 66.9 Å². The maximum atomic E-state index is 12.8. The Labute approximate surface area is 190 Å². The standard InChI is InChI=1S/C26H23N5O2/c1-29-12-14-30(15-13-29)26(32)19-8-6-18(7-9-19)21-10-11-25-27-17-22(31(25)28-21)24-16-20-4-2-3-5-23(20)33-24/h2-11,16-17H,12-15H2,1H3. The fourth-order valence-electron chi connectivity index (χ4n) is 4.28. The summed E-state index contributed by atoms with van der Waals surface area (Å²) < 4.78 is 7.83. The quantitative estimate of drug-likeness (QED) is 0.423. The number of rotatable bonds is 3. The molecular weight excluding hydrogens is 414 g/mol. The van der Waals surface area contributed by atoms with Crippen LogP contribution in [0.4, 0.5) is 0 Å². The molecule has 1 aliphatic rings. The lowest BCUT2D eigenvalue weighted by molar-refractivity contribution is 0.0664. The number of furan rings is 1. The highest BCUT2D eigenvalue weighted by Crippen LogP contribution is 2.28. The highest BCUT2D eigenvalue weighted by Gasteiger charge is 2.20. The largest absolute Gasteiger partial charge is 0.454 e. The third-order valence-corrected chi connectivity index (χ3v) is 6.26. The lowest BCUT2D eigenvalue weighted by atomic mass is 10.1. The molecule has 1 amide bonds. The van der Waals surface area contributed by atoms with Crippen molar-refractivity contribution in [2.24, 2.45) is 0 Å². The molecule has 7 nitrogen and oxygen atoms in total.